The van der Waals surface area contributed by atoms with Crippen molar-refractivity contribution in [1.29, 1.82) is 0 Å². The van der Waals surface area contributed by atoms with Crippen LogP contribution in [0, 0.1) is 0 Å². The molecule has 5 nitrogen and oxygen atoms in total. The molecule has 0 unspecified atom stereocenters. The third kappa shape index (κ3) is 29.1. The van der Waals surface area contributed by atoms with Crippen LogP contribution in [0.5, 0.6) is 0 Å². The Morgan fingerprint density at radius 3 is 1.06 bits per heavy atom. The molecule has 1 heterocycles. The van der Waals surface area contributed by atoms with E-state index in [9.17, 15) is 8.42 Å². The molecule has 35 heavy (non-hydrogen) atoms. The molecule has 0 aliphatic carbocycles. The van der Waals surface area contributed by atoms with Crippen LogP contribution in [0.4, 0.5) is 0 Å². The van der Waals surface area contributed by atoms with Gasteiger partial charge in [0.15, 0.2) is 0 Å². The third-order valence-electron chi connectivity index (χ3n) is 6.02. The Labute approximate surface area is 218 Å². The summed E-state index contributed by atoms with van der Waals surface area (Å²) in [7, 11) is -3.80. The Morgan fingerprint density at radius 1 is 0.486 bits per heavy atom. The highest BCUT2D eigenvalue weighted by Gasteiger charge is 2.11. The number of nitrogens with zero attached hydrogens (tertiary/aromatic N) is 1. The SMILES string of the molecule is CCCCCCCCCCCCOS(=O)(=O)OCCCCCCCCCCCC.c1ccncc1. The van der Waals surface area contributed by atoms with Crippen LogP contribution in [0.25, 0.3) is 0 Å². The summed E-state index contributed by atoms with van der Waals surface area (Å²) in [4.78, 5) is 3.78. The first-order valence-corrected chi connectivity index (χ1v) is 15.8. The van der Waals surface area contributed by atoms with Crippen molar-refractivity contribution >= 4 is 10.4 Å². The lowest BCUT2D eigenvalue weighted by molar-refractivity contribution is 0.208. The van der Waals surface area contributed by atoms with Gasteiger partial charge >= 0.3 is 10.4 Å². The molecular formula is C29H55NO4S. The van der Waals surface area contributed by atoms with Crippen LogP contribution >= 0.6 is 0 Å². The first kappa shape index (κ1) is 34.0. The summed E-state index contributed by atoms with van der Waals surface area (Å²) < 4.78 is 33.3. The number of pyridine rings is 1. The number of aromatic nitrogens is 1. The standard InChI is InChI=1S/C24H50O4S.C5H5N/c1-3-5-7-9-11-13-15-17-19-21-23-27-29(25,26)28-24-22-20-18-16-14-12-10-8-6-4-2;1-2-4-6-5-3-1/h3-24H2,1-2H3;1-5H. The molecule has 206 valence electrons. The van der Waals surface area contributed by atoms with Crippen LogP contribution in [0.15, 0.2) is 30.6 Å². The maximum atomic E-state index is 11.7. The van der Waals surface area contributed by atoms with E-state index in [-0.39, 0.29) is 13.2 Å². The largest absolute Gasteiger partial charge is 0.399 e. The van der Waals surface area contributed by atoms with Gasteiger partial charge in [0, 0.05) is 12.4 Å². The molecule has 0 aliphatic heterocycles. The molecular weight excluding hydrogens is 458 g/mol. The van der Waals surface area contributed by atoms with E-state index in [0.717, 1.165) is 38.5 Å². The summed E-state index contributed by atoms with van der Waals surface area (Å²) in [5.74, 6) is 0. The van der Waals surface area contributed by atoms with Crippen molar-refractivity contribution in [3.8, 4) is 0 Å². The Hall–Kier alpha value is -0.980. The minimum absolute atomic E-state index is 0.247. The Kier molecular flexibility index (Phi) is 26.8. The molecule has 0 saturated heterocycles. The smallest absolute Gasteiger partial charge is 0.265 e. The van der Waals surface area contributed by atoms with Gasteiger partial charge in [-0.2, -0.15) is 8.42 Å². The monoisotopic (exact) mass is 513 g/mol. The molecule has 0 bridgehead atoms. The van der Waals surface area contributed by atoms with E-state index in [4.69, 9.17) is 8.37 Å². The molecule has 0 spiro atoms. The summed E-state index contributed by atoms with van der Waals surface area (Å²) in [6, 6.07) is 5.72. The van der Waals surface area contributed by atoms with Crippen molar-refractivity contribution in [3.63, 3.8) is 0 Å². The topological polar surface area (TPSA) is 65.5 Å². The van der Waals surface area contributed by atoms with Crippen LogP contribution in [0.2, 0.25) is 0 Å². The van der Waals surface area contributed by atoms with Crippen LogP contribution in [0.3, 0.4) is 0 Å². The van der Waals surface area contributed by atoms with Gasteiger partial charge in [-0.05, 0) is 25.0 Å². The zero-order valence-corrected chi connectivity index (χ0v) is 23.7. The predicted molar refractivity (Wildman–Crippen MR) is 149 cm³/mol. The zero-order valence-electron chi connectivity index (χ0n) is 22.9. The summed E-state index contributed by atoms with van der Waals surface area (Å²) >= 11 is 0. The van der Waals surface area contributed by atoms with Gasteiger partial charge in [0.05, 0.1) is 13.2 Å². The van der Waals surface area contributed by atoms with Gasteiger partial charge in [-0.25, -0.2) is 8.37 Å². The molecule has 0 saturated carbocycles. The second-order valence-corrected chi connectivity index (χ2v) is 10.7. The van der Waals surface area contributed by atoms with Crippen molar-refractivity contribution in [2.45, 2.75) is 142 Å². The van der Waals surface area contributed by atoms with Crippen molar-refractivity contribution < 1.29 is 16.8 Å². The van der Waals surface area contributed by atoms with Gasteiger partial charge in [0.1, 0.15) is 0 Å². The lowest BCUT2D eigenvalue weighted by Gasteiger charge is -2.06. The first-order valence-electron chi connectivity index (χ1n) is 14.5. The Morgan fingerprint density at radius 2 is 0.800 bits per heavy atom. The molecule has 1 aromatic heterocycles. The highest BCUT2D eigenvalue weighted by Crippen LogP contribution is 2.12. The third-order valence-corrected chi connectivity index (χ3v) is 6.93. The molecule has 0 amide bonds. The molecule has 0 N–H and O–H groups in total. The van der Waals surface area contributed by atoms with E-state index in [1.54, 1.807) is 12.4 Å². The number of hydrogen-bond acceptors (Lipinski definition) is 5. The summed E-state index contributed by atoms with van der Waals surface area (Å²) in [6.45, 7) is 4.98. The fraction of sp³-hybridized carbons (Fsp3) is 0.828. The van der Waals surface area contributed by atoms with E-state index in [2.05, 4.69) is 18.8 Å². The minimum Gasteiger partial charge on any atom is -0.265 e. The van der Waals surface area contributed by atoms with Crippen LogP contribution in [-0.2, 0) is 18.8 Å². The van der Waals surface area contributed by atoms with Gasteiger partial charge in [-0.3, -0.25) is 4.98 Å². The number of hydrogen-bond donors (Lipinski definition) is 0. The van der Waals surface area contributed by atoms with E-state index in [0.29, 0.717) is 0 Å². The molecule has 6 heteroatoms. The fourth-order valence-corrected chi connectivity index (χ4v) is 4.56. The van der Waals surface area contributed by atoms with E-state index in [1.165, 1.54) is 89.9 Å². The van der Waals surface area contributed by atoms with Crippen molar-refractivity contribution in [3.05, 3.63) is 30.6 Å². The lowest BCUT2D eigenvalue weighted by atomic mass is 10.1. The maximum Gasteiger partial charge on any atom is 0.399 e. The molecule has 0 aromatic carbocycles. The number of unbranched alkanes of at least 4 members (excludes halogenated alkanes) is 18. The maximum absolute atomic E-state index is 11.7. The van der Waals surface area contributed by atoms with Gasteiger partial charge in [-0.15, -0.1) is 0 Å². The Balaban J connectivity index is 0.00000166. The van der Waals surface area contributed by atoms with Gasteiger partial charge < -0.3 is 0 Å². The molecule has 1 aromatic rings. The number of rotatable bonds is 24. The highest BCUT2D eigenvalue weighted by molar-refractivity contribution is 7.81. The van der Waals surface area contributed by atoms with E-state index < -0.39 is 10.4 Å². The quantitative estimate of drug-likeness (QED) is 0.129. The van der Waals surface area contributed by atoms with Gasteiger partial charge in [0.25, 0.3) is 0 Å². The Bertz CT molecular complexity index is 552. The highest BCUT2D eigenvalue weighted by atomic mass is 32.3. The predicted octanol–water partition coefficient (Wildman–Crippen LogP) is 9.19. The second-order valence-electron chi connectivity index (χ2n) is 9.44. The van der Waals surface area contributed by atoms with Crippen LogP contribution in [0.1, 0.15) is 142 Å². The molecule has 0 radical (unpaired) electrons. The molecule has 0 atom stereocenters. The molecule has 0 aliphatic rings. The minimum atomic E-state index is -3.80. The van der Waals surface area contributed by atoms with E-state index >= 15 is 0 Å². The van der Waals surface area contributed by atoms with Gasteiger partial charge in [0.2, 0.25) is 0 Å². The van der Waals surface area contributed by atoms with Crippen molar-refractivity contribution in [1.82, 2.24) is 4.98 Å². The first-order chi connectivity index (χ1) is 17.1. The van der Waals surface area contributed by atoms with Crippen LogP contribution in [-0.4, -0.2) is 26.6 Å². The lowest BCUT2D eigenvalue weighted by Crippen LogP contribution is -2.12. The molecule has 0 fully saturated rings. The zero-order chi connectivity index (χ0) is 25.7. The average Bonchev–Trinajstić information content (AvgIpc) is 2.87. The van der Waals surface area contributed by atoms with Crippen molar-refractivity contribution in [2.75, 3.05) is 13.2 Å². The normalized spacial score (nSPS) is 11.3. The molecule has 1 rings (SSSR count). The van der Waals surface area contributed by atoms with E-state index in [1.807, 2.05) is 18.2 Å². The second kappa shape index (κ2) is 27.6. The average molecular weight is 514 g/mol. The van der Waals surface area contributed by atoms with Crippen molar-refractivity contribution in [2.24, 2.45) is 0 Å². The summed E-state index contributed by atoms with van der Waals surface area (Å²) in [5.41, 5.74) is 0. The van der Waals surface area contributed by atoms with Crippen LogP contribution < -0.4 is 0 Å². The summed E-state index contributed by atoms with van der Waals surface area (Å²) in [6.07, 6.45) is 27.9. The fourth-order valence-electron chi connectivity index (χ4n) is 3.85. The van der Waals surface area contributed by atoms with Gasteiger partial charge in [-0.1, -0.05) is 135 Å². The summed E-state index contributed by atoms with van der Waals surface area (Å²) in [5, 5.41) is 0.